The van der Waals surface area contributed by atoms with Gasteiger partial charge in [0.1, 0.15) is 17.1 Å². The van der Waals surface area contributed by atoms with Gasteiger partial charge in [-0.25, -0.2) is 9.78 Å². The summed E-state index contributed by atoms with van der Waals surface area (Å²) in [7, 11) is 3.51. The molecule has 1 fully saturated rings. The lowest BCUT2D eigenvalue weighted by Crippen LogP contribution is -2.39. The number of imide groups is 1. The van der Waals surface area contributed by atoms with Crippen LogP contribution in [-0.2, 0) is 23.7 Å². The Kier molecular flexibility index (Phi) is 8.90. The molecule has 1 aliphatic rings. The average Bonchev–Trinajstić information content (AvgIpc) is 3.64. The first kappa shape index (κ1) is 33.9. The minimum absolute atomic E-state index is 0.0994. The van der Waals surface area contributed by atoms with E-state index in [2.05, 4.69) is 37.8 Å². The maximum atomic E-state index is 13.0. The van der Waals surface area contributed by atoms with E-state index in [1.807, 2.05) is 57.2 Å². The van der Waals surface area contributed by atoms with E-state index in [0.717, 1.165) is 38.9 Å². The van der Waals surface area contributed by atoms with Crippen LogP contribution in [0.5, 0.6) is 0 Å². The van der Waals surface area contributed by atoms with Gasteiger partial charge in [0, 0.05) is 54.9 Å². The smallest absolute Gasteiger partial charge is 0.328 e. The Labute approximate surface area is 298 Å². The molecular weight excluding hydrogens is 660 g/mol. The van der Waals surface area contributed by atoms with Gasteiger partial charge in [0.15, 0.2) is 0 Å². The van der Waals surface area contributed by atoms with Crippen LogP contribution in [0.15, 0.2) is 70.3 Å². The summed E-state index contributed by atoms with van der Waals surface area (Å²) in [6.45, 7) is 6.01. The third-order valence-electron chi connectivity index (χ3n) is 9.23. The van der Waals surface area contributed by atoms with E-state index in [1.165, 1.54) is 0 Å². The quantitative estimate of drug-likeness (QED) is 0.155. The fourth-order valence-electron chi connectivity index (χ4n) is 6.51. The Balaban J connectivity index is 0.998. The number of benzene rings is 1. The monoisotopic (exact) mass is 696 g/mol. The number of nitrogens with zero attached hydrogens (tertiary/aromatic N) is 5. The molecule has 1 unspecified atom stereocenters. The van der Waals surface area contributed by atoms with Crippen LogP contribution in [0.25, 0.3) is 33.3 Å². The van der Waals surface area contributed by atoms with Crippen LogP contribution in [0.4, 0.5) is 11.5 Å². The lowest BCUT2D eigenvalue weighted by Gasteiger charge is -2.19. The molecule has 0 spiro atoms. The first-order chi connectivity index (χ1) is 25.0. The van der Waals surface area contributed by atoms with Gasteiger partial charge in [-0.2, -0.15) is 0 Å². The Morgan fingerprint density at radius 1 is 1.06 bits per heavy atom. The number of anilines is 2. The van der Waals surface area contributed by atoms with Crippen LogP contribution in [0.3, 0.4) is 0 Å². The van der Waals surface area contributed by atoms with Crippen molar-refractivity contribution < 1.29 is 18.8 Å². The SMILES string of the molecule is Cc1cc(-c2ccc(Nc3cc4c(c(C(C)C)n3)n(C)c(=O)n4C)cn2)cnc1C(=O)NCC#Cc1ccc2occ(C3CCC(=O)NC3=O)c2c1. The first-order valence-electron chi connectivity index (χ1n) is 16.9. The maximum absolute atomic E-state index is 13.0. The molecule has 0 bridgehead atoms. The number of fused-ring (bicyclic) bond motifs is 2. The van der Waals surface area contributed by atoms with Gasteiger partial charge in [-0.15, -0.1) is 0 Å². The summed E-state index contributed by atoms with van der Waals surface area (Å²) in [6.07, 6.45) is 5.58. The maximum Gasteiger partial charge on any atom is 0.328 e. The predicted octanol–water partition coefficient (Wildman–Crippen LogP) is 4.95. The second-order valence-electron chi connectivity index (χ2n) is 13.2. The molecule has 1 aromatic carbocycles. The number of carbonyl (C=O) groups is 3. The molecular formula is C39H36N8O5. The van der Waals surface area contributed by atoms with E-state index in [1.54, 1.807) is 48.0 Å². The molecule has 1 atom stereocenters. The van der Waals surface area contributed by atoms with Crippen LogP contribution in [-0.4, -0.2) is 48.4 Å². The third kappa shape index (κ3) is 6.42. The van der Waals surface area contributed by atoms with Crippen molar-refractivity contribution in [3.8, 4) is 23.1 Å². The lowest BCUT2D eigenvalue weighted by molar-refractivity contribution is -0.134. The van der Waals surface area contributed by atoms with Crippen LogP contribution in [0, 0.1) is 18.8 Å². The zero-order valence-corrected chi connectivity index (χ0v) is 29.3. The van der Waals surface area contributed by atoms with Gasteiger partial charge in [-0.1, -0.05) is 25.7 Å². The number of carbonyl (C=O) groups excluding carboxylic acids is 3. The van der Waals surface area contributed by atoms with Crippen molar-refractivity contribution in [3.05, 3.63) is 99.7 Å². The molecule has 13 nitrogen and oxygen atoms in total. The number of imidazole rings is 1. The van der Waals surface area contributed by atoms with Gasteiger partial charge in [-0.3, -0.25) is 38.8 Å². The van der Waals surface area contributed by atoms with Crippen molar-refractivity contribution in [3.63, 3.8) is 0 Å². The molecule has 0 aliphatic carbocycles. The normalized spacial score (nSPS) is 14.4. The number of amides is 3. The highest BCUT2D eigenvalue weighted by Crippen LogP contribution is 2.33. The Morgan fingerprint density at radius 3 is 2.62 bits per heavy atom. The lowest BCUT2D eigenvalue weighted by atomic mass is 9.90. The largest absolute Gasteiger partial charge is 0.464 e. The second-order valence-corrected chi connectivity index (χ2v) is 13.2. The number of aromatic nitrogens is 5. The average molecular weight is 697 g/mol. The fourth-order valence-corrected chi connectivity index (χ4v) is 6.51. The zero-order valence-electron chi connectivity index (χ0n) is 29.3. The van der Waals surface area contributed by atoms with Crippen molar-refractivity contribution in [1.82, 2.24) is 34.7 Å². The molecule has 0 saturated carbocycles. The summed E-state index contributed by atoms with van der Waals surface area (Å²) < 4.78 is 8.90. The summed E-state index contributed by atoms with van der Waals surface area (Å²) in [5.74, 6) is 5.34. The standard InChI is InChI=1S/C39H36N8O5/c1-21(2)34-36-30(46(4)39(51)47(36)5)17-32(44-34)43-25-9-11-29(41-19-25)24-15-22(3)35(42-18-24)38(50)40-14-6-7-23-8-12-31-27(16-23)28(20-52-31)26-10-13-33(48)45-37(26)49/h8-9,11-12,15-21,26H,10,13-14H2,1-5H3,(H,40,50)(H,43,44)(H,45,48,49). The van der Waals surface area contributed by atoms with Gasteiger partial charge >= 0.3 is 5.69 Å². The number of hydrogen-bond donors (Lipinski definition) is 3. The van der Waals surface area contributed by atoms with E-state index in [9.17, 15) is 19.2 Å². The molecule has 52 heavy (non-hydrogen) atoms. The number of rotatable bonds is 7. The summed E-state index contributed by atoms with van der Waals surface area (Å²) >= 11 is 0. The van der Waals surface area contributed by atoms with Gasteiger partial charge < -0.3 is 15.1 Å². The van der Waals surface area contributed by atoms with E-state index in [0.29, 0.717) is 34.6 Å². The van der Waals surface area contributed by atoms with Crippen molar-refractivity contribution in [2.45, 2.75) is 45.4 Å². The minimum Gasteiger partial charge on any atom is -0.464 e. The second kappa shape index (κ2) is 13.6. The van der Waals surface area contributed by atoms with Gasteiger partial charge in [0.25, 0.3) is 5.91 Å². The molecule has 5 aromatic heterocycles. The molecule has 262 valence electrons. The summed E-state index contributed by atoms with van der Waals surface area (Å²) in [6, 6.07) is 12.9. The van der Waals surface area contributed by atoms with Crippen LogP contribution in [0.1, 0.15) is 71.4 Å². The van der Waals surface area contributed by atoms with Gasteiger partial charge in [0.2, 0.25) is 11.8 Å². The van der Waals surface area contributed by atoms with Crippen molar-refractivity contribution in [2.24, 2.45) is 14.1 Å². The molecule has 7 rings (SSSR count). The van der Waals surface area contributed by atoms with Crippen LogP contribution >= 0.6 is 0 Å². The number of pyridine rings is 3. The number of piperidine rings is 1. The summed E-state index contributed by atoms with van der Waals surface area (Å²) in [4.78, 5) is 63.4. The molecule has 0 radical (unpaired) electrons. The highest BCUT2D eigenvalue weighted by molar-refractivity contribution is 6.02. The van der Waals surface area contributed by atoms with Crippen molar-refractivity contribution in [2.75, 3.05) is 11.9 Å². The molecule has 6 aromatic rings. The summed E-state index contributed by atoms with van der Waals surface area (Å²) in [5, 5.41) is 9.28. The third-order valence-corrected chi connectivity index (χ3v) is 9.23. The summed E-state index contributed by atoms with van der Waals surface area (Å²) in [5.41, 5.74) is 7.53. The molecule has 6 heterocycles. The zero-order chi connectivity index (χ0) is 36.7. The first-order valence-corrected chi connectivity index (χ1v) is 16.9. The highest BCUT2D eigenvalue weighted by atomic mass is 16.3. The minimum atomic E-state index is -0.466. The van der Waals surface area contributed by atoms with Gasteiger partial charge in [-0.05, 0) is 61.2 Å². The number of nitrogens with one attached hydrogen (secondary N) is 3. The van der Waals surface area contributed by atoms with Crippen molar-refractivity contribution >= 4 is 51.2 Å². The van der Waals surface area contributed by atoms with Crippen LogP contribution < -0.4 is 21.6 Å². The van der Waals surface area contributed by atoms with E-state index < -0.39 is 5.92 Å². The molecule has 1 aliphatic heterocycles. The van der Waals surface area contributed by atoms with Gasteiger partial charge in [0.05, 0.1) is 53.0 Å². The topological polar surface area (TPSA) is 166 Å². The van der Waals surface area contributed by atoms with E-state index >= 15 is 0 Å². The Bertz CT molecular complexity index is 2530. The molecule has 1 saturated heterocycles. The molecule has 13 heteroatoms. The highest BCUT2D eigenvalue weighted by Gasteiger charge is 2.30. The fraction of sp³-hybridized carbons (Fsp3) is 0.256. The van der Waals surface area contributed by atoms with E-state index in [4.69, 9.17) is 9.40 Å². The van der Waals surface area contributed by atoms with Crippen LogP contribution in [0.2, 0.25) is 0 Å². The number of aryl methyl sites for hydroxylation is 3. The number of furan rings is 1. The predicted molar refractivity (Wildman–Crippen MR) is 196 cm³/mol. The Morgan fingerprint density at radius 2 is 1.88 bits per heavy atom. The van der Waals surface area contributed by atoms with E-state index in [-0.39, 0.29) is 48.0 Å². The number of hydrogen-bond acceptors (Lipinski definition) is 9. The molecule has 3 N–H and O–H groups in total. The molecule has 3 amide bonds. The Hall–Kier alpha value is -6.55. The van der Waals surface area contributed by atoms with Crippen molar-refractivity contribution in [1.29, 1.82) is 0 Å².